The number of para-hydroxylation sites is 3. The average molecular weight is 1080 g/mol. The van der Waals surface area contributed by atoms with Gasteiger partial charge in [-0.25, -0.2) is 0 Å². The fourth-order valence-electron chi connectivity index (χ4n) is 17.7. The lowest BCUT2D eigenvalue weighted by molar-refractivity contribution is 0.158. The highest BCUT2D eigenvalue weighted by molar-refractivity contribution is 6.84. The summed E-state index contributed by atoms with van der Waals surface area (Å²) in [4.78, 5) is 8.66. The smallest absolute Gasteiger partial charge is 0.226 e. The lowest BCUT2D eigenvalue weighted by atomic mass is 9.27. The largest absolute Gasteiger partial charge is 0.362 e. The van der Waals surface area contributed by atoms with Gasteiger partial charge in [-0.15, -0.1) is 0 Å². The Morgan fingerprint density at radius 1 is 0.627 bits per heavy atom. The maximum absolute atomic E-state index is 3.10. The molecular formula is C78H79BN4. The molecule has 414 valence electrons. The van der Waals surface area contributed by atoms with Crippen molar-refractivity contribution in [3.8, 4) is 0 Å². The van der Waals surface area contributed by atoms with Crippen molar-refractivity contribution in [1.82, 2.24) is 9.47 Å². The maximum atomic E-state index is 3.10. The van der Waals surface area contributed by atoms with Crippen molar-refractivity contribution in [2.24, 2.45) is 23.2 Å². The highest BCUT2D eigenvalue weighted by Gasteiger charge is 2.55. The third-order valence-electron chi connectivity index (χ3n) is 22.2. The Bertz CT molecular complexity index is 3910. The van der Waals surface area contributed by atoms with Crippen molar-refractivity contribution in [2.45, 2.75) is 140 Å². The number of nitrogens with zero attached hydrogens (tertiary/aromatic N) is 4. The second-order valence-corrected chi connectivity index (χ2v) is 27.1. The molecule has 1 saturated carbocycles. The van der Waals surface area contributed by atoms with Crippen molar-refractivity contribution in [1.29, 1.82) is 0 Å². The number of hydrogen-bond acceptors (Lipinski definition) is 3. The molecule has 0 spiro atoms. The summed E-state index contributed by atoms with van der Waals surface area (Å²) in [7, 11) is 0. The summed E-state index contributed by atoms with van der Waals surface area (Å²) >= 11 is 0. The standard InChI is InChI=1S/C78H79BN4/c1-77(2,54-25-10-6-11-26-54)56-29-22-30-60(49-56)83-73-50-57(78(3,4)55-27-12-7-13-28-55)39-45-66(73)79-67-51-61(82-70-37-20-16-33-64(70)65-34-17-21-38-71(65)82)44-46-72(67)81(74-47-53(48-75(83)76(74)79)52-23-8-5-9-24-52)59-42-40-58(41-43-59)80-68-35-18-14-31-62(68)63-32-15-19-36-69(63)80/h6-7,10-12,14-22,25-27,29,31-40,42,44-46,48,50-53,56,60,64,66,70,73H,5,8-9,13,23-24,28,30,41,43,47,49H2,1-4H3. The zero-order valence-corrected chi connectivity index (χ0v) is 49.2. The van der Waals surface area contributed by atoms with E-state index in [4.69, 9.17) is 0 Å². The first kappa shape index (κ1) is 51.2. The minimum Gasteiger partial charge on any atom is -0.362 e. The molecule has 7 unspecified atom stereocenters. The third-order valence-corrected chi connectivity index (χ3v) is 22.2. The van der Waals surface area contributed by atoms with Gasteiger partial charge in [0, 0.05) is 74.0 Å². The van der Waals surface area contributed by atoms with Crippen LogP contribution in [0.1, 0.15) is 122 Å². The zero-order valence-electron chi connectivity index (χ0n) is 49.2. The summed E-state index contributed by atoms with van der Waals surface area (Å²) in [5.41, 5.74) is 21.4. The van der Waals surface area contributed by atoms with Crippen LogP contribution >= 0.6 is 0 Å². The van der Waals surface area contributed by atoms with E-state index in [0.717, 1.165) is 44.9 Å². The van der Waals surface area contributed by atoms with Crippen LogP contribution in [0, 0.1) is 23.2 Å². The second kappa shape index (κ2) is 20.1. The monoisotopic (exact) mass is 1080 g/mol. The fraction of sp³-hybridized carbons (Fsp3) is 0.333. The Morgan fingerprint density at radius 2 is 1.37 bits per heavy atom. The normalized spacial score (nSPS) is 26.5. The predicted molar refractivity (Wildman–Crippen MR) is 350 cm³/mol. The molecule has 5 aromatic carbocycles. The number of anilines is 3. The van der Waals surface area contributed by atoms with Gasteiger partial charge in [-0.1, -0.05) is 216 Å². The van der Waals surface area contributed by atoms with E-state index in [1.165, 1.54) is 105 Å². The molecule has 0 amide bonds. The van der Waals surface area contributed by atoms with Crippen LogP contribution in [0.2, 0.25) is 5.82 Å². The Kier molecular flexibility index (Phi) is 12.4. The molecule has 0 radical (unpaired) electrons. The van der Waals surface area contributed by atoms with Crippen LogP contribution in [0.3, 0.4) is 0 Å². The quantitative estimate of drug-likeness (QED) is 0.106. The van der Waals surface area contributed by atoms with Crippen LogP contribution in [-0.4, -0.2) is 34.3 Å². The molecule has 4 nitrogen and oxygen atoms in total. The van der Waals surface area contributed by atoms with Gasteiger partial charge in [0.1, 0.15) is 0 Å². The van der Waals surface area contributed by atoms with Crippen LogP contribution < -0.4 is 15.3 Å². The van der Waals surface area contributed by atoms with Gasteiger partial charge in [-0.05, 0) is 163 Å². The third kappa shape index (κ3) is 8.20. The highest BCUT2D eigenvalue weighted by atomic mass is 15.2. The number of rotatable bonds is 9. The molecule has 7 atom stereocenters. The minimum atomic E-state index is -0.0931. The molecule has 3 aliphatic heterocycles. The molecule has 10 aliphatic rings. The number of allylic oxidation sites excluding steroid dienone is 16. The van der Waals surface area contributed by atoms with E-state index in [1.54, 1.807) is 22.4 Å². The van der Waals surface area contributed by atoms with Gasteiger partial charge in [-0.2, -0.15) is 0 Å². The van der Waals surface area contributed by atoms with Crippen molar-refractivity contribution < 1.29 is 0 Å². The Labute approximate surface area is 493 Å². The average Bonchev–Trinajstić information content (AvgIpc) is 3.47. The molecule has 7 aliphatic carbocycles. The first-order valence-electron chi connectivity index (χ1n) is 32.0. The van der Waals surface area contributed by atoms with E-state index in [-0.39, 0.29) is 35.4 Å². The number of aromatic nitrogens is 1. The van der Waals surface area contributed by atoms with E-state index in [2.05, 4.69) is 259 Å². The molecule has 16 rings (SSSR count). The van der Waals surface area contributed by atoms with Gasteiger partial charge in [0.05, 0.1) is 17.1 Å². The molecule has 5 heteroatoms. The van der Waals surface area contributed by atoms with E-state index in [9.17, 15) is 0 Å². The SMILES string of the molecule is CC(C)(C1=CC2C(C=C1)B1C3=C(CC(C4CCCCC4)C=C3N2C2CC=CC(C(C)(C)c3ccccc3)C2)N(C2=CC=C(n3c4ccccc4c4ccccc43)CC2)c2ccc(N3c4ccccc4C4C=CC=CC43)cc21)C1=CC=CCC1. The van der Waals surface area contributed by atoms with E-state index < -0.39 is 0 Å². The van der Waals surface area contributed by atoms with Crippen molar-refractivity contribution in [3.05, 3.63) is 257 Å². The van der Waals surface area contributed by atoms with Crippen LogP contribution in [0.15, 0.2) is 246 Å². The lowest BCUT2D eigenvalue weighted by Gasteiger charge is -2.57. The molecule has 83 heavy (non-hydrogen) atoms. The van der Waals surface area contributed by atoms with Crippen LogP contribution in [0.5, 0.6) is 0 Å². The predicted octanol–water partition coefficient (Wildman–Crippen LogP) is 18.7. The van der Waals surface area contributed by atoms with Gasteiger partial charge in [0.15, 0.2) is 0 Å². The summed E-state index contributed by atoms with van der Waals surface area (Å²) in [6, 6.07) is 47.2. The summed E-state index contributed by atoms with van der Waals surface area (Å²) in [5, 5.41) is 2.65. The maximum Gasteiger partial charge on any atom is 0.226 e. The molecule has 4 heterocycles. The first-order chi connectivity index (χ1) is 40.7. The minimum absolute atomic E-state index is 0.0207. The molecule has 6 aromatic rings. The number of hydrogen-bond donors (Lipinski definition) is 0. The van der Waals surface area contributed by atoms with Crippen LogP contribution in [-0.2, 0) is 5.41 Å². The van der Waals surface area contributed by atoms with Gasteiger partial charge < -0.3 is 19.3 Å². The Balaban J connectivity index is 0.911. The first-order valence-corrected chi connectivity index (χ1v) is 32.0. The second-order valence-electron chi connectivity index (χ2n) is 27.1. The van der Waals surface area contributed by atoms with E-state index in [1.807, 2.05) is 0 Å². The lowest BCUT2D eigenvalue weighted by Crippen LogP contribution is -2.61. The van der Waals surface area contributed by atoms with Gasteiger partial charge >= 0.3 is 0 Å². The molecule has 1 aromatic heterocycles. The van der Waals surface area contributed by atoms with Crippen LogP contribution in [0.4, 0.5) is 17.1 Å². The van der Waals surface area contributed by atoms with Crippen molar-refractivity contribution in [3.63, 3.8) is 0 Å². The molecule has 0 bridgehead atoms. The summed E-state index contributed by atoms with van der Waals surface area (Å²) in [5.74, 6) is 2.11. The van der Waals surface area contributed by atoms with Gasteiger partial charge in [0.25, 0.3) is 0 Å². The zero-order chi connectivity index (χ0) is 55.6. The highest BCUT2D eigenvalue weighted by Crippen LogP contribution is 2.57. The molecule has 2 fully saturated rings. The van der Waals surface area contributed by atoms with Gasteiger partial charge in [0.2, 0.25) is 6.71 Å². The topological polar surface area (TPSA) is 14.7 Å². The molecular weight excluding hydrogens is 1000 g/mol. The molecule has 1 saturated heterocycles. The van der Waals surface area contributed by atoms with Gasteiger partial charge in [-0.3, -0.25) is 0 Å². The summed E-state index contributed by atoms with van der Waals surface area (Å²) in [6.07, 6.45) is 52.0. The van der Waals surface area contributed by atoms with E-state index >= 15 is 0 Å². The van der Waals surface area contributed by atoms with Crippen molar-refractivity contribution >= 4 is 56.7 Å². The Morgan fingerprint density at radius 3 is 2.16 bits per heavy atom. The number of fused-ring (bicyclic) bond motifs is 10. The number of benzene rings is 5. The molecule has 0 N–H and O–H groups in total. The fourth-order valence-corrected chi connectivity index (χ4v) is 17.7. The summed E-state index contributed by atoms with van der Waals surface area (Å²) in [6.45, 7) is 10.2. The van der Waals surface area contributed by atoms with Crippen LogP contribution in [0.25, 0.3) is 27.5 Å². The summed E-state index contributed by atoms with van der Waals surface area (Å²) < 4.78 is 2.56. The Hall–Kier alpha value is -7.50. The van der Waals surface area contributed by atoms with E-state index in [0.29, 0.717) is 29.7 Å². The van der Waals surface area contributed by atoms with Crippen molar-refractivity contribution in [2.75, 3.05) is 9.80 Å².